The van der Waals surface area contributed by atoms with Crippen molar-refractivity contribution in [2.75, 3.05) is 0 Å². The standard InChI is InChI=1S/C4H6O6S.Li/c1-2-3(11(6,7)8)10-4(5)9-2;/h2-3H,1H3,(H,6,7,8);/q;+1/p-1. The van der Waals surface area contributed by atoms with E-state index in [2.05, 4.69) is 9.47 Å². The first kappa shape index (κ1) is 11.8. The number of ether oxygens (including phenoxy) is 2. The molecule has 0 amide bonds. The summed E-state index contributed by atoms with van der Waals surface area (Å²) >= 11 is 0. The Morgan fingerprint density at radius 2 is 1.92 bits per heavy atom. The van der Waals surface area contributed by atoms with Gasteiger partial charge in [-0.3, -0.25) is 0 Å². The van der Waals surface area contributed by atoms with Gasteiger partial charge in [-0.2, -0.15) is 0 Å². The number of carbonyl (C=O) groups excluding carboxylic acids is 1. The van der Waals surface area contributed by atoms with Crippen LogP contribution in [0.5, 0.6) is 0 Å². The average Bonchev–Trinajstić information content (AvgIpc) is 2.08. The van der Waals surface area contributed by atoms with Gasteiger partial charge in [0.05, 0.1) is 0 Å². The van der Waals surface area contributed by atoms with Gasteiger partial charge in [0, 0.05) is 0 Å². The van der Waals surface area contributed by atoms with Crippen molar-refractivity contribution in [2.45, 2.75) is 18.5 Å². The van der Waals surface area contributed by atoms with Crippen LogP contribution in [0.4, 0.5) is 4.79 Å². The van der Waals surface area contributed by atoms with E-state index in [1.807, 2.05) is 0 Å². The Hall–Kier alpha value is -0.223. The first-order valence-corrected chi connectivity index (χ1v) is 4.20. The fourth-order valence-corrected chi connectivity index (χ4v) is 1.44. The molecule has 8 heteroatoms. The van der Waals surface area contributed by atoms with Crippen LogP contribution in [-0.4, -0.2) is 30.7 Å². The summed E-state index contributed by atoms with van der Waals surface area (Å²) in [5.74, 6) is 0. The zero-order valence-corrected chi connectivity index (χ0v) is 7.33. The summed E-state index contributed by atoms with van der Waals surface area (Å²) < 4.78 is 39.2. The molecule has 12 heavy (non-hydrogen) atoms. The molecule has 1 rings (SSSR count). The summed E-state index contributed by atoms with van der Waals surface area (Å²) in [7, 11) is -4.60. The van der Waals surface area contributed by atoms with Crippen LogP contribution in [0.1, 0.15) is 6.92 Å². The van der Waals surface area contributed by atoms with Crippen molar-refractivity contribution < 1.29 is 46.1 Å². The molecule has 0 bridgehead atoms. The van der Waals surface area contributed by atoms with Crippen LogP contribution in [0, 0.1) is 0 Å². The molecule has 6 nitrogen and oxygen atoms in total. The number of hydrogen-bond donors (Lipinski definition) is 0. The third-order valence-electron chi connectivity index (χ3n) is 1.16. The maximum atomic E-state index is 10.3. The molecule has 1 heterocycles. The van der Waals surface area contributed by atoms with Gasteiger partial charge in [-0.1, -0.05) is 0 Å². The van der Waals surface area contributed by atoms with E-state index in [0.717, 1.165) is 0 Å². The molecule has 0 saturated carbocycles. The summed E-state index contributed by atoms with van der Waals surface area (Å²) in [6.45, 7) is 1.27. The minimum Gasteiger partial charge on any atom is -0.745 e. The Labute approximate surface area is 81.1 Å². The van der Waals surface area contributed by atoms with E-state index >= 15 is 0 Å². The number of hydrogen-bond acceptors (Lipinski definition) is 6. The molecule has 2 atom stereocenters. The van der Waals surface area contributed by atoms with Gasteiger partial charge in [0.15, 0.2) is 6.10 Å². The van der Waals surface area contributed by atoms with Gasteiger partial charge in [-0.25, -0.2) is 13.2 Å². The molecule has 1 saturated heterocycles. The monoisotopic (exact) mass is 188 g/mol. The Bertz CT molecular complexity index is 271. The van der Waals surface area contributed by atoms with E-state index in [-0.39, 0.29) is 18.9 Å². The van der Waals surface area contributed by atoms with Gasteiger partial charge in [0.1, 0.15) is 10.1 Å². The summed E-state index contributed by atoms with van der Waals surface area (Å²) in [5.41, 5.74) is -1.70. The van der Waals surface area contributed by atoms with Crippen molar-refractivity contribution in [3.05, 3.63) is 0 Å². The van der Waals surface area contributed by atoms with Crippen LogP contribution in [0.2, 0.25) is 0 Å². The second kappa shape index (κ2) is 3.66. The predicted octanol–water partition coefficient (Wildman–Crippen LogP) is -3.58. The van der Waals surface area contributed by atoms with Gasteiger partial charge in [0.2, 0.25) is 5.44 Å². The molecule has 64 valence electrons. The molecule has 0 spiro atoms. The largest absolute Gasteiger partial charge is 1.00 e. The Balaban J connectivity index is 0.00000121. The van der Waals surface area contributed by atoms with Gasteiger partial charge in [0.25, 0.3) is 0 Å². The fraction of sp³-hybridized carbons (Fsp3) is 0.750. The second-order valence-corrected chi connectivity index (χ2v) is 3.50. The zero-order chi connectivity index (χ0) is 8.65. The Morgan fingerprint density at radius 3 is 2.08 bits per heavy atom. The Morgan fingerprint density at radius 1 is 1.42 bits per heavy atom. The number of cyclic esters (lactones) is 2. The van der Waals surface area contributed by atoms with Crippen LogP contribution >= 0.6 is 0 Å². The summed E-state index contributed by atoms with van der Waals surface area (Å²) in [6, 6.07) is 0. The van der Waals surface area contributed by atoms with E-state index in [1.165, 1.54) is 6.92 Å². The van der Waals surface area contributed by atoms with E-state index in [0.29, 0.717) is 0 Å². The first-order valence-electron chi connectivity index (χ1n) is 2.73. The molecule has 2 unspecified atom stereocenters. The van der Waals surface area contributed by atoms with Crippen molar-refractivity contribution in [2.24, 2.45) is 0 Å². The van der Waals surface area contributed by atoms with Gasteiger partial charge < -0.3 is 14.0 Å². The number of rotatable bonds is 1. The van der Waals surface area contributed by atoms with Crippen LogP contribution in [0.3, 0.4) is 0 Å². The average molecular weight is 188 g/mol. The fourth-order valence-electron chi connectivity index (χ4n) is 0.719. The molecular weight excluding hydrogens is 183 g/mol. The second-order valence-electron chi connectivity index (χ2n) is 2.05. The smallest absolute Gasteiger partial charge is 0.745 e. The topological polar surface area (TPSA) is 92.7 Å². The third kappa shape index (κ3) is 2.38. The maximum absolute atomic E-state index is 10.3. The molecule has 1 fully saturated rings. The molecule has 0 aromatic carbocycles. The van der Waals surface area contributed by atoms with Crippen LogP contribution in [0.15, 0.2) is 0 Å². The molecule has 0 N–H and O–H groups in total. The maximum Gasteiger partial charge on any atom is 1.00 e. The summed E-state index contributed by atoms with van der Waals surface area (Å²) in [6.07, 6.45) is -2.15. The van der Waals surface area contributed by atoms with Crippen molar-refractivity contribution in [1.82, 2.24) is 0 Å². The molecule has 1 aliphatic heterocycles. The van der Waals surface area contributed by atoms with Gasteiger partial charge in [-0.05, 0) is 6.92 Å². The van der Waals surface area contributed by atoms with Crippen LogP contribution < -0.4 is 18.9 Å². The van der Waals surface area contributed by atoms with Crippen molar-refractivity contribution in [1.29, 1.82) is 0 Å². The number of carbonyl (C=O) groups is 1. The minimum absolute atomic E-state index is 0. The van der Waals surface area contributed by atoms with Crippen molar-refractivity contribution >= 4 is 16.3 Å². The predicted molar refractivity (Wildman–Crippen MR) is 30.5 cm³/mol. The molecule has 0 aliphatic carbocycles. The van der Waals surface area contributed by atoms with Crippen molar-refractivity contribution in [3.8, 4) is 0 Å². The quantitative estimate of drug-likeness (QED) is 0.240. The summed E-state index contributed by atoms with van der Waals surface area (Å²) in [5, 5.41) is 0. The first-order chi connectivity index (χ1) is 4.91. The van der Waals surface area contributed by atoms with Crippen LogP contribution in [-0.2, 0) is 19.6 Å². The van der Waals surface area contributed by atoms with Gasteiger partial charge in [-0.15, -0.1) is 0 Å². The van der Waals surface area contributed by atoms with Gasteiger partial charge >= 0.3 is 25.0 Å². The molecule has 1 aliphatic rings. The SMILES string of the molecule is CC1OC(=O)OC1S(=O)(=O)[O-].[Li+]. The summed E-state index contributed by atoms with van der Waals surface area (Å²) in [4.78, 5) is 10.3. The van der Waals surface area contributed by atoms with E-state index in [9.17, 15) is 17.8 Å². The van der Waals surface area contributed by atoms with Crippen LogP contribution in [0.25, 0.3) is 0 Å². The van der Waals surface area contributed by atoms with E-state index in [4.69, 9.17) is 0 Å². The zero-order valence-electron chi connectivity index (χ0n) is 6.51. The molecular formula is C4H5LiO6S. The van der Waals surface area contributed by atoms with Crippen molar-refractivity contribution in [3.63, 3.8) is 0 Å². The third-order valence-corrected chi connectivity index (χ3v) is 2.21. The minimum atomic E-state index is -4.60. The molecule has 0 radical (unpaired) electrons. The Kier molecular flexibility index (Phi) is 3.59. The van der Waals surface area contributed by atoms with E-state index < -0.39 is 27.8 Å². The molecule has 0 aromatic heterocycles. The normalized spacial score (nSPS) is 28.7. The molecule has 0 aromatic rings. The van der Waals surface area contributed by atoms with E-state index in [1.54, 1.807) is 0 Å².